The van der Waals surface area contributed by atoms with Gasteiger partial charge in [0.2, 0.25) is 5.91 Å². The fourth-order valence-electron chi connectivity index (χ4n) is 3.97. The summed E-state index contributed by atoms with van der Waals surface area (Å²) in [4.78, 5) is 14.6. The predicted octanol–water partition coefficient (Wildman–Crippen LogP) is 1.81. The Hall–Kier alpha value is -0.690. The molecule has 1 amide bonds. The molecule has 25 heavy (non-hydrogen) atoms. The van der Waals surface area contributed by atoms with Crippen molar-refractivity contribution < 1.29 is 19.0 Å². The third-order valence-electron chi connectivity index (χ3n) is 5.75. The van der Waals surface area contributed by atoms with Gasteiger partial charge in [-0.05, 0) is 57.3 Å². The lowest BCUT2D eigenvalue weighted by molar-refractivity contribution is -0.138. The highest BCUT2D eigenvalue weighted by molar-refractivity contribution is 5.82. The summed E-state index contributed by atoms with van der Waals surface area (Å²) in [6.45, 7) is 4.84. The Morgan fingerprint density at radius 3 is 2.48 bits per heavy atom. The third-order valence-corrected chi connectivity index (χ3v) is 5.75. The lowest BCUT2D eigenvalue weighted by atomic mass is 9.88. The van der Waals surface area contributed by atoms with Gasteiger partial charge in [0.05, 0.1) is 18.8 Å². The van der Waals surface area contributed by atoms with Crippen molar-refractivity contribution in [2.75, 3.05) is 40.5 Å². The number of carbonyl (C=O) groups excluding carboxylic acids is 1. The molecule has 0 radical (unpaired) electrons. The average molecular weight is 357 g/mol. The minimum atomic E-state index is -0.586. The number of amides is 1. The highest BCUT2D eigenvalue weighted by atomic mass is 16.5. The maximum atomic E-state index is 12.7. The molecule has 6 nitrogen and oxygen atoms in total. The van der Waals surface area contributed by atoms with Crippen molar-refractivity contribution in [3.63, 3.8) is 0 Å². The molecule has 0 aromatic rings. The maximum absolute atomic E-state index is 12.7. The van der Waals surface area contributed by atoms with Crippen molar-refractivity contribution in [2.24, 2.45) is 17.6 Å². The van der Waals surface area contributed by atoms with Gasteiger partial charge >= 0.3 is 0 Å². The van der Waals surface area contributed by atoms with Crippen LogP contribution in [0.5, 0.6) is 0 Å². The number of hydrogen-bond donors (Lipinski definition) is 1. The molecule has 2 rings (SSSR count). The van der Waals surface area contributed by atoms with Crippen LogP contribution >= 0.6 is 0 Å². The normalized spacial score (nSPS) is 30.1. The maximum Gasteiger partial charge on any atom is 0.242 e. The van der Waals surface area contributed by atoms with Gasteiger partial charge in [-0.25, -0.2) is 0 Å². The van der Waals surface area contributed by atoms with Gasteiger partial charge in [-0.1, -0.05) is 0 Å². The molecule has 1 aliphatic heterocycles. The molecule has 0 bridgehead atoms. The van der Waals surface area contributed by atoms with Gasteiger partial charge in [0.25, 0.3) is 0 Å². The fraction of sp³-hybridized carbons (Fsp3) is 0.947. The Balaban J connectivity index is 1.73. The second-order valence-electron chi connectivity index (χ2n) is 7.69. The van der Waals surface area contributed by atoms with E-state index >= 15 is 0 Å². The van der Waals surface area contributed by atoms with Crippen LogP contribution in [0.15, 0.2) is 0 Å². The first-order valence-electron chi connectivity index (χ1n) is 9.72. The highest BCUT2D eigenvalue weighted by Crippen LogP contribution is 2.26. The van der Waals surface area contributed by atoms with Crippen LogP contribution in [0.2, 0.25) is 0 Å². The van der Waals surface area contributed by atoms with Crippen LogP contribution in [0, 0.1) is 11.8 Å². The molecule has 1 heterocycles. The van der Waals surface area contributed by atoms with E-state index in [1.165, 1.54) is 0 Å². The molecule has 6 heteroatoms. The summed E-state index contributed by atoms with van der Waals surface area (Å²) in [5.74, 6) is 0.982. The molecular weight excluding hydrogens is 320 g/mol. The van der Waals surface area contributed by atoms with E-state index in [1.807, 2.05) is 11.8 Å². The summed E-state index contributed by atoms with van der Waals surface area (Å²) < 4.78 is 16.6. The molecule has 0 unspecified atom stereocenters. The minimum absolute atomic E-state index is 0.0106. The Morgan fingerprint density at radius 2 is 1.84 bits per heavy atom. The molecule has 3 atom stereocenters. The first kappa shape index (κ1) is 20.6. The molecule has 2 aliphatic rings. The zero-order valence-electron chi connectivity index (χ0n) is 16.1. The van der Waals surface area contributed by atoms with E-state index in [9.17, 15) is 4.79 Å². The van der Waals surface area contributed by atoms with Gasteiger partial charge in [-0.3, -0.25) is 4.79 Å². The molecule has 1 saturated heterocycles. The first-order chi connectivity index (χ1) is 12.0. The van der Waals surface area contributed by atoms with Crippen molar-refractivity contribution >= 4 is 5.91 Å². The number of rotatable bonds is 8. The Labute approximate surface area is 152 Å². The lowest BCUT2D eigenvalue weighted by Crippen LogP contribution is -2.53. The zero-order chi connectivity index (χ0) is 18.2. The number of carbonyl (C=O) groups is 1. The van der Waals surface area contributed by atoms with E-state index in [-0.39, 0.29) is 12.0 Å². The first-order valence-corrected chi connectivity index (χ1v) is 9.72. The van der Waals surface area contributed by atoms with Crippen LogP contribution in [0.1, 0.15) is 45.4 Å². The lowest BCUT2D eigenvalue weighted by Gasteiger charge is -2.35. The molecule has 2 N–H and O–H groups in total. The number of nitrogens with zero attached hydrogens (tertiary/aromatic N) is 1. The van der Waals surface area contributed by atoms with Gasteiger partial charge in [0.15, 0.2) is 0 Å². The van der Waals surface area contributed by atoms with Gasteiger partial charge in [0.1, 0.15) is 6.04 Å². The van der Waals surface area contributed by atoms with Gasteiger partial charge in [-0.2, -0.15) is 0 Å². The number of piperidine rings is 1. The summed E-state index contributed by atoms with van der Waals surface area (Å²) in [5, 5.41) is 0. The topological polar surface area (TPSA) is 74.0 Å². The van der Waals surface area contributed by atoms with Gasteiger partial charge in [0, 0.05) is 33.9 Å². The van der Waals surface area contributed by atoms with Gasteiger partial charge < -0.3 is 24.8 Å². The molecule has 1 aliphatic carbocycles. The van der Waals surface area contributed by atoms with Crippen LogP contribution in [-0.2, 0) is 19.0 Å². The number of ether oxygens (including phenoxy) is 3. The van der Waals surface area contributed by atoms with Crippen molar-refractivity contribution in [2.45, 2.75) is 63.7 Å². The molecule has 146 valence electrons. The van der Waals surface area contributed by atoms with E-state index in [1.54, 1.807) is 14.2 Å². The molecule has 2 fully saturated rings. The summed E-state index contributed by atoms with van der Waals surface area (Å²) in [6, 6.07) is -0.586. The van der Waals surface area contributed by atoms with E-state index in [4.69, 9.17) is 19.9 Å². The number of methoxy groups -OCH3 is 2. The SMILES string of the molecule is COC[C@H]1CCCN(C(=O)[C@@H](N)[C@@H](C)OCC2CCC(OC)CC2)C1. The molecule has 0 aromatic carbocycles. The number of hydrogen-bond acceptors (Lipinski definition) is 5. The predicted molar refractivity (Wildman–Crippen MR) is 97.3 cm³/mol. The second kappa shape index (κ2) is 10.5. The van der Waals surface area contributed by atoms with E-state index in [0.717, 1.165) is 51.6 Å². The van der Waals surface area contributed by atoms with Crippen LogP contribution in [0.3, 0.4) is 0 Å². The monoisotopic (exact) mass is 356 g/mol. The number of likely N-dealkylation sites (tertiary alicyclic amines) is 1. The molecular formula is C19H36N2O4. The standard InChI is InChI=1S/C19H36N2O4/c1-14(25-13-15-6-8-17(24-3)9-7-15)18(20)19(22)21-10-4-5-16(11-21)12-23-2/h14-18H,4-13,20H2,1-3H3/t14-,15?,16+,17?,18+/m1/s1. The third kappa shape index (κ3) is 6.20. The van der Waals surface area contributed by atoms with Crippen molar-refractivity contribution in [1.29, 1.82) is 0 Å². The minimum Gasteiger partial charge on any atom is -0.384 e. The van der Waals surface area contributed by atoms with E-state index < -0.39 is 6.04 Å². The highest BCUT2D eigenvalue weighted by Gasteiger charge is 2.31. The quantitative estimate of drug-likeness (QED) is 0.718. The summed E-state index contributed by atoms with van der Waals surface area (Å²) in [7, 11) is 3.49. The molecule has 1 saturated carbocycles. The largest absolute Gasteiger partial charge is 0.384 e. The van der Waals surface area contributed by atoms with Crippen LogP contribution < -0.4 is 5.73 Å². The van der Waals surface area contributed by atoms with Gasteiger partial charge in [-0.15, -0.1) is 0 Å². The summed E-state index contributed by atoms with van der Waals surface area (Å²) >= 11 is 0. The Kier molecular flexibility index (Phi) is 8.62. The Morgan fingerprint density at radius 1 is 1.12 bits per heavy atom. The smallest absolute Gasteiger partial charge is 0.242 e. The van der Waals surface area contributed by atoms with Crippen molar-refractivity contribution in [1.82, 2.24) is 4.90 Å². The van der Waals surface area contributed by atoms with E-state index in [2.05, 4.69) is 0 Å². The van der Waals surface area contributed by atoms with Crippen LogP contribution in [-0.4, -0.2) is 69.6 Å². The van der Waals surface area contributed by atoms with Crippen molar-refractivity contribution in [3.05, 3.63) is 0 Å². The second-order valence-corrected chi connectivity index (χ2v) is 7.69. The van der Waals surface area contributed by atoms with E-state index in [0.29, 0.717) is 31.2 Å². The molecule has 0 aromatic heterocycles. The van der Waals surface area contributed by atoms with Crippen molar-refractivity contribution in [3.8, 4) is 0 Å². The number of nitrogens with two attached hydrogens (primary N) is 1. The zero-order valence-corrected chi connectivity index (χ0v) is 16.1. The summed E-state index contributed by atoms with van der Waals surface area (Å²) in [6.07, 6.45) is 6.72. The molecule has 0 spiro atoms. The Bertz CT molecular complexity index is 397. The average Bonchev–Trinajstić information content (AvgIpc) is 2.65. The summed E-state index contributed by atoms with van der Waals surface area (Å²) in [5.41, 5.74) is 6.20. The van der Waals surface area contributed by atoms with Crippen LogP contribution in [0.4, 0.5) is 0 Å². The van der Waals surface area contributed by atoms with Crippen LogP contribution in [0.25, 0.3) is 0 Å². The fourth-order valence-corrected chi connectivity index (χ4v) is 3.97.